The van der Waals surface area contributed by atoms with Gasteiger partial charge in [0, 0.05) is 23.1 Å². The van der Waals surface area contributed by atoms with E-state index in [2.05, 4.69) is 15.0 Å². The van der Waals surface area contributed by atoms with Gasteiger partial charge >= 0.3 is 13.3 Å². The Labute approximate surface area is 160 Å². The Balaban J connectivity index is 2.09. The molecule has 0 bridgehead atoms. The van der Waals surface area contributed by atoms with Gasteiger partial charge in [-0.1, -0.05) is 5.11 Å². The lowest BCUT2D eigenvalue weighted by atomic mass is 10.1. The Morgan fingerprint density at radius 3 is 2.68 bits per heavy atom. The molecule has 2 rings (SSSR count). The van der Waals surface area contributed by atoms with Gasteiger partial charge in [-0.15, -0.1) is 0 Å². The molecule has 3 atom stereocenters. The van der Waals surface area contributed by atoms with Gasteiger partial charge in [0.1, 0.15) is 12.6 Å². The Morgan fingerprint density at radius 1 is 1.39 bits per heavy atom. The van der Waals surface area contributed by atoms with Gasteiger partial charge in [0.25, 0.3) is 5.56 Å². The van der Waals surface area contributed by atoms with E-state index in [4.69, 9.17) is 24.1 Å². The maximum Gasteiger partial charge on any atom is 0.356 e. The molecule has 1 aromatic rings. The van der Waals surface area contributed by atoms with Crippen molar-refractivity contribution in [1.82, 2.24) is 9.55 Å². The topological polar surface area (TPSA) is 158 Å². The third-order valence-electron chi connectivity index (χ3n) is 4.04. The van der Waals surface area contributed by atoms with Crippen molar-refractivity contribution in [3.63, 3.8) is 0 Å². The van der Waals surface area contributed by atoms with Crippen molar-refractivity contribution in [2.45, 2.75) is 45.6 Å². The summed E-state index contributed by atoms with van der Waals surface area (Å²) in [6.07, 6.45) is -0.0760. The minimum atomic E-state index is -3.38. The fraction of sp³-hybridized carbons (Fsp3) is 0.733. The number of hydrogen-bond donors (Lipinski definition) is 1. The Hall–Kier alpha value is -1.94. The number of hydrogen-bond acceptors (Lipinski definition) is 8. The van der Waals surface area contributed by atoms with Crippen LogP contribution in [0.2, 0.25) is 0 Å². The highest BCUT2D eigenvalue weighted by Gasteiger charge is 2.37. The standard InChI is InChI=1S/C15H24N5O7P/c1-4-25-28(23,26-5-2)9-24-8-12-11(18-19-16)6-13(27-12)20-7-10(3)14(21)17-15(20)22/h7,11-13H,4-6,8-9H2,1-3H3,(H,17,21,22). The van der Waals surface area contributed by atoms with Gasteiger partial charge < -0.3 is 18.5 Å². The van der Waals surface area contributed by atoms with Crippen LogP contribution in [0.4, 0.5) is 0 Å². The molecule has 1 fully saturated rings. The second-order valence-electron chi connectivity index (χ2n) is 6.06. The van der Waals surface area contributed by atoms with E-state index in [1.54, 1.807) is 20.8 Å². The second-order valence-corrected chi connectivity index (χ2v) is 8.06. The van der Waals surface area contributed by atoms with Crippen LogP contribution < -0.4 is 11.2 Å². The molecular weight excluding hydrogens is 393 g/mol. The highest BCUT2D eigenvalue weighted by Crippen LogP contribution is 2.48. The number of H-pyrrole nitrogens is 1. The van der Waals surface area contributed by atoms with E-state index < -0.39 is 37.2 Å². The summed E-state index contributed by atoms with van der Waals surface area (Å²) in [5.74, 6) is 0. The van der Waals surface area contributed by atoms with Crippen molar-refractivity contribution in [2.24, 2.45) is 5.11 Å². The molecule has 1 aromatic heterocycles. The Bertz CT molecular complexity index is 868. The van der Waals surface area contributed by atoms with Gasteiger partial charge in [0.2, 0.25) is 0 Å². The maximum atomic E-state index is 12.4. The van der Waals surface area contributed by atoms with Gasteiger partial charge in [0.05, 0.1) is 32.0 Å². The van der Waals surface area contributed by atoms with Crippen LogP contribution in [-0.4, -0.2) is 47.9 Å². The number of aromatic amines is 1. The summed E-state index contributed by atoms with van der Waals surface area (Å²) in [6.45, 7) is 5.32. The number of nitrogens with one attached hydrogen (secondary N) is 1. The van der Waals surface area contributed by atoms with E-state index in [-0.39, 0.29) is 32.6 Å². The first-order valence-corrected chi connectivity index (χ1v) is 10.5. The number of nitrogens with zero attached hydrogens (tertiary/aromatic N) is 4. The second kappa shape index (κ2) is 10.0. The van der Waals surface area contributed by atoms with Crippen LogP contribution >= 0.6 is 7.60 Å². The summed E-state index contributed by atoms with van der Waals surface area (Å²) in [5, 5.41) is 3.69. The summed E-state index contributed by atoms with van der Waals surface area (Å²) < 4.78 is 35.2. The Kier molecular flexibility index (Phi) is 7.99. The molecule has 28 heavy (non-hydrogen) atoms. The van der Waals surface area contributed by atoms with E-state index in [1.165, 1.54) is 10.8 Å². The molecule has 3 unspecified atom stereocenters. The number of azide groups is 1. The SMILES string of the molecule is CCOP(=O)(COCC1OC(n2cc(C)c(=O)[nH]c2=O)CC1N=[N+]=[N-])OCC. The zero-order valence-corrected chi connectivity index (χ0v) is 16.8. The molecule has 1 N–H and O–H groups in total. The van der Waals surface area contributed by atoms with E-state index in [9.17, 15) is 14.2 Å². The van der Waals surface area contributed by atoms with E-state index >= 15 is 0 Å². The highest BCUT2D eigenvalue weighted by atomic mass is 31.2. The zero-order chi connectivity index (χ0) is 20.7. The number of rotatable bonds is 10. The lowest BCUT2D eigenvalue weighted by molar-refractivity contribution is -0.0410. The predicted molar refractivity (Wildman–Crippen MR) is 99.2 cm³/mol. The van der Waals surface area contributed by atoms with Crippen molar-refractivity contribution in [3.05, 3.63) is 43.0 Å². The molecule has 2 heterocycles. The number of aromatic nitrogens is 2. The normalized spacial score (nSPS) is 22.2. The molecule has 1 aliphatic heterocycles. The van der Waals surface area contributed by atoms with Crippen LogP contribution in [0.3, 0.4) is 0 Å². The van der Waals surface area contributed by atoms with Gasteiger partial charge in [-0.3, -0.25) is 18.9 Å². The van der Waals surface area contributed by atoms with Crippen molar-refractivity contribution >= 4 is 7.60 Å². The quantitative estimate of drug-likeness (QED) is 0.264. The molecule has 1 saturated heterocycles. The van der Waals surface area contributed by atoms with Crippen molar-refractivity contribution in [3.8, 4) is 0 Å². The van der Waals surface area contributed by atoms with Crippen LogP contribution in [0.1, 0.15) is 32.1 Å². The molecule has 156 valence electrons. The van der Waals surface area contributed by atoms with Gasteiger partial charge in [-0.05, 0) is 26.3 Å². The molecule has 0 saturated carbocycles. The van der Waals surface area contributed by atoms with Crippen LogP contribution in [0.25, 0.3) is 10.4 Å². The molecule has 1 aliphatic rings. The molecule has 0 aromatic carbocycles. The number of ether oxygens (including phenoxy) is 2. The third kappa shape index (κ3) is 5.54. The highest BCUT2D eigenvalue weighted by molar-refractivity contribution is 7.53. The van der Waals surface area contributed by atoms with Gasteiger partial charge in [-0.2, -0.15) is 0 Å². The van der Waals surface area contributed by atoms with Crippen LogP contribution in [0, 0.1) is 6.92 Å². The van der Waals surface area contributed by atoms with Crippen LogP contribution in [-0.2, 0) is 23.1 Å². The smallest absolute Gasteiger partial charge is 0.356 e. The molecule has 12 nitrogen and oxygen atoms in total. The van der Waals surface area contributed by atoms with E-state index in [0.717, 1.165) is 0 Å². The first-order valence-electron chi connectivity index (χ1n) is 8.81. The summed E-state index contributed by atoms with van der Waals surface area (Å²) in [6, 6.07) is -0.604. The average molecular weight is 417 g/mol. The first-order chi connectivity index (χ1) is 13.3. The average Bonchev–Trinajstić information content (AvgIpc) is 3.01. The van der Waals surface area contributed by atoms with Crippen molar-refractivity contribution in [1.29, 1.82) is 0 Å². The fourth-order valence-electron chi connectivity index (χ4n) is 2.81. The van der Waals surface area contributed by atoms with Crippen LogP contribution in [0.5, 0.6) is 0 Å². The summed E-state index contributed by atoms with van der Waals surface area (Å²) >= 11 is 0. The molecule has 0 radical (unpaired) electrons. The minimum absolute atomic E-state index is 0.0403. The monoisotopic (exact) mass is 417 g/mol. The molecular formula is C15H24N5O7P. The lowest BCUT2D eigenvalue weighted by Crippen LogP contribution is -2.33. The van der Waals surface area contributed by atoms with Gasteiger partial charge in [0.15, 0.2) is 0 Å². The zero-order valence-electron chi connectivity index (χ0n) is 15.9. The summed E-state index contributed by atoms with van der Waals surface area (Å²) in [4.78, 5) is 28.6. The third-order valence-corrected chi connectivity index (χ3v) is 5.85. The minimum Gasteiger partial charge on any atom is -0.366 e. The summed E-state index contributed by atoms with van der Waals surface area (Å²) in [7, 11) is -3.38. The molecule has 0 spiro atoms. The van der Waals surface area contributed by atoms with Gasteiger partial charge in [-0.25, -0.2) is 4.79 Å². The number of aryl methyl sites for hydroxylation is 1. The predicted octanol–water partition coefficient (Wildman–Crippen LogP) is 2.05. The maximum absolute atomic E-state index is 12.4. The largest absolute Gasteiger partial charge is 0.366 e. The van der Waals surface area contributed by atoms with Crippen molar-refractivity contribution in [2.75, 3.05) is 26.2 Å². The molecule has 0 aliphatic carbocycles. The Morgan fingerprint density at radius 2 is 2.07 bits per heavy atom. The van der Waals surface area contributed by atoms with Crippen molar-refractivity contribution < 1.29 is 23.1 Å². The van der Waals surface area contributed by atoms with Crippen LogP contribution in [0.15, 0.2) is 20.9 Å². The summed E-state index contributed by atoms with van der Waals surface area (Å²) in [5.41, 5.74) is 8.03. The lowest BCUT2D eigenvalue weighted by Gasteiger charge is -2.20. The molecule has 0 amide bonds. The van der Waals surface area contributed by atoms with E-state index in [0.29, 0.717) is 5.56 Å². The first kappa shape index (κ1) is 22.4. The fourth-order valence-corrected chi connectivity index (χ4v) is 4.15. The van der Waals surface area contributed by atoms with E-state index in [1.807, 2.05) is 0 Å². The molecule has 13 heteroatoms.